The molecule has 0 aliphatic carbocycles. The first-order valence-corrected chi connectivity index (χ1v) is 8.05. The van der Waals surface area contributed by atoms with Crippen molar-refractivity contribution >= 4 is 44.4 Å². The second-order valence-corrected chi connectivity index (χ2v) is 6.98. The first-order chi connectivity index (χ1) is 9.38. The van der Waals surface area contributed by atoms with Gasteiger partial charge in [0.2, 0.25) is 5.91 Å². The Hall–Kier alpha value is -0.880. The molecule has 2 rings (SSSR count). The van der Waals surface area contributed by atoms with Gasteiger partial charge in [-0.25, -0.2) is 4.39 Å². The highest BCUT2D eigenvalue weighted by molar-refractivity contribution is 9.10. The minimum atomic E-state index is -0.332. The number of rotatable bonds is 3. The molecule has 1 aliphatic rings. The molecule has 3 nitrogen and oxygen atoms in total. The van der Waals surface area contributed by atoms with Crippen LogP contribution in [0.4, 0.5) is 10.1 Å². The van der Waals surface area contributed by atoms with Gasteiger partial charge < -0.3 is 4.90 Å². The van der Waals surface area contributed by atoms with E-state index in [1.807, 2.05) is 0 Å². The molecule has 0 aromatic heterocycles. The van der Waals surface area contributed by atoms with Gasteiger partial charge in [0.05, 0.1) is 4.47 Å². The van der Waals surface area contributed by atoms with Crippen LogP contribution in [0.1, 0.15) is 18.9 Å². The Morgan fingerprint density at radius 3 is 2.90 bits per heavy atom. The number of amides is 1. The molecule has 1 heterocycles. The van der Waals surface area contributed by atoms with Gasteiger partial charge in [0.25, 0.3) is 0 Å². The standard InChI is InChI=1S/C14H15BrFNO2S/c1-8-3-12(16)11(15)5-13(8)17-6-10(4-14(17)19)7-20-9(2)18/h3,5,10H,4,6-7H2,1-2H3. The average Bonchev–Trinajstić information content (AvgIpc) is 2.72. The summed E-state index contributed by atoms with van der Waals surface area (Å²) in [6.45, 7) is 3.90. The Morgan fingerprint density at radius 1 is 1.55 bits per heavy atom. The van der Waals surface area contributed by atoms with E-state index in [-0.39, 0.29) is 22.8 Å². The molecule has 0 spiro atoms. The predicted molar refractivity (Wildman–Crippen MR) is 82.4 cm³/mol. The Morgan fingerprint density at radius 2 is 2.25 bits per heavy atom. The Balaban J connectivity index is 2.16. The van der Waals surface area contributed by atoms with Crippen LogP contribution in [0, 0.1) is 18.7 Å². The van der Waals surface area contributed by atoms with Gasteiger partial charge in [-0.05, 0) is 46.5 Å². The number of hydrogen-bond acceptors (Lipinski definition) is 3. The lowest BCUT2D eigenvalue weighted by atomic mass is 10.1. The van der Waals surface area contributed by atoms with E-state index < -0.39 is 0 Å². The summed E-state index contributed by atoms with van der Waals surface area (Å²) in [7, 11) is 0. The van der Waals surface area contributed by atoms with Crippen LogP contribution in [0.15, 0.2) is 16.6 Å². The van der Waals surface area contributed by atoms with Gasteiger partial charge in [0.1, 0.15) is 5.82 Å². The summed E-state index contributed by atoms with van der Waals surface area (Å²) in [6.07, 6.45) is 0.439. The van der Waals surface area contributed by atoms with E-state index in [1.54, 1.807) is 17.9 Å². The molecule has 1 aromatic carbocycles. The molecule has 1 amide bonds. The van der Waals surface area contributed by atoms with Crippen molar-refractivity contribution in [2.75, 3.05) is 17.2 Å². The summed E-state index contributed by atoms with van der Waals surface area (Å²) < 4.78 is 13.8. The van der Waals surface area contributed by atoms with Crippen molar-refractivity contribution in [1.82, 2.24) is 0 Å². The van der Waals surface area contributed by atoms with Crippen molar-refractivity contribution in [3.8, 4) is 0 Å². The van der Waals surface area contributed by atoms with Gasteiger partial charge in [-0.1, -0.05) is 11.8 Å². The molecule has 1 aliphatic heterocycles. The first kappa shape index (κ1) is 15.5. The highest BCUT2D eigenvalue weighted by Gasteiger charge is 2.31. The fourth-order valence-electron chi connectivity index (χ4n) is 2.29. The third kappa shape index (κ3) is 3.41. The van der Waals surface area contributed by atoms with Crippen LogP contribution in [0.5, 0.6) is 0 Å². The van der Waals surface area contributed by atoms with Gasteiger partial charge >= 0.3 is 0 Å². The largest absolute Gasteiger partial charge is 0.312 e. The quantitative estimate of drug-likeness (QED) is 0.828. The Labute approximate surface area is 130 Å². The molecule has 108 valence electrons. The smallest absolute Gasteiger partial charge is 0.227 e. The zero-order valence-electron chi connectivity index (χ0n) is 11.3. The third-order valence-corrected chi connectivity index (χ3v) is 4.91. The monoisotopic (exact) mass is 359 g/mol. The number of aryl methyl sites for hydroxylation is 1. The number of thioether (sulfide) groups is 1. The number of hydrogen-bond donors (Lipinski definition) is 0. The van der Waals surface area contributed by atoms with Gasteiger partial charge in [-0.3, -0.25) is 9.59 Å². The first-order valence-electron chi connectivity index (χ1n) is 6.28. The maximum atomic E-state index is 13.4. The van der Waals surface area contributed by atoms with Crippen LogP contribution in [-0.4, -0.2) is 23.3 Å². The van der Waals surface area contributed by atoms with E-state index in [9.17, 15) is 14.0 Å². The van der Waals surface area contributed by atoms with Gasteiger partial charge in [0.15, 0.2) is 5.12 Å². The zero-order valence-corrected chi connectivity index (χ0v) is 13.7. The lowest BCUT2D eigenvalue weighted by Gasteiger charge is -2.19. The molecule has 6 heteroatoms. The van der Waals surface area contributed by atoms with Crippen LogP contribution in [0.25, 0.3) is 0 Å². The minimum Gasteiger partial charge on any atom is -0.312 e. The number of nitrogens with zero attached hydrogens (tertiary/aromatic N) is 1. The Bertz CT molecular complexity index is 564. The van der Waals surface area contributed by atoms with Crippen LogP contribution in [0.2, 0.25) is 0 Å². The highest BCUT2D eigenvalue weighted by atomic mass is 79.9. The summed E-state index contributed by atoms with van der Waals surface area (Å²) in [6, 6.07) is 3.06. The summed E-state index contributed by atoms with van der Waals surface area (Å²) in [5, 5.41) is 0.0663. The molecule has 1 unspecified atom stereocenters. The van der Waals surface area contributed by atoms with Crippen molar-refractivity contribution < 1.29 is 14.0 Å². The molecule has 0 saturated carbocycles. The van der Waals surface area contributed by atoms with Crippen molar-refractivity contribution in [2.45, 2.75) is 20.3 Å². The molecule has 1 saturated heterocycles. The maximum Gasteiger partial charge on any atom is 0.227 e. The van der Waals surface area contributed by atoms with E-state index >= 15 is 0 Å². The van der Waals surface area contributed by atoms with Crippen molar-refractivity contribution in [3.05, 3.63) is 28.0 Å². The van der Waals surface area contributed by atoms with Crippen LogP contribution >= 0.6 is 27.7 Å². The molecule has 0 radical (unpaired) electrons. The van der Waals surface area contributed by atoms with Gasteiger partial charge in [-0.2, -0.15) is 0 Å². The zero-order chi connectivity index (χ0) is 14.9. The van der Waals surface area contributed by atoms with Crippen molar-refractivity contribution in [3.63, 3.8) is 0 Å². The molecule has 1 aromatic rings. The average molecular weight is 360 g/mol. The number of halogens is 2. The maximum absolute atomic E-state index is 13.4. The number of carbonyl (C=O) groups excluding carboxylic acids is 2. The van der Waals surface area contributed by atoms with Gasteiger partial charge in [-0.15, -0.1) is 0 Å². The van der Waals surface area contributed by atoms with Crippen molar-refractivity contribution in [2.24, 2.45) is 5.92 Å². The topological polar surface area (TPSA) is 37.4 Å². The second kappa shape index (κ2) is 6.26. The van der Waals surface area contributed by atoms with E-state index in [4.69, 9.17) is 0 Å². The van der Waals surface area contributed by atoms with E-state index in [2.05, 4.69) is 15.9 Å². The second-order valence-electron chi connectivity index (χ2n) is 4.93. The number of carbonyl (C=O) groups is 2. The van der Waals surface area contributed by atoms with E-state index in [0.717, 1.165) is 11.3 Å². The summed E-state index contributed by atoms with van der Waals surface area (Å²) in [4.78, 5) is 24.8. The number of benzene rings is 1. The predicted octanol–water partition coefficient (Wildman–Crippen LogP) is 3.53. The van der Waals surface area contributed by atoms with E-state index in [1.165, 1.54) is 24.8 Å². The third-order valence-electron chi connectivity index (χ3n) is 3.26. The minimum absolute atomic E-state index is 0.0285. The van der Waals surface area contributed by atoms with Crippen LogP contribution in [0.3, 0.4) is 0 Å². The normalized spacial score (nSPS) is 18.7. The molecule has 0 N–H and O–H groups in total. The van der Waals surface area contributed by atoms with Crippen LogP contribution < -0.4 is 4.90 Å². The Kier molecular flexibility index (Phi) is 4.86. The molecule has 1 fully saturated rings. The van der Waals surface area contributed by atoms with Crippen molar-refractivity contribution in [1.29, 1.82) is 0 Å². The van der Waals surface area contributed by atoms with Gasteiger partial charge in [0, 0.05) is 31.3 Å². The lowest BCUT2D eigenvalue weighted by molar-refractivity contribution is -0.117. The molecule has 1 atom stereocenters. The molecule has 0 bridgehead atoms. The fourth-order valence-corrected chi connectivity index (χ4v) is 3.31. The molecule has 20 heavy (non-hydrogen) atoms. The van der Waals surface area contributed by atoms with E-state index in [0.29, 0.717) is 23.2 Å². The fraction of sp³-hybridized carbons (Fsp3) is 0.429. The summed E-state index contributed by atoms with van der Waals surface area (Å²) in [5.41, 5.74) is 1.47. The highest BCUT2D eigenvalue weighted by Crippen LogP contribution is 2.32. The molecular weight excluding hydrogens is 345 g/mol. The molecular formula is C14H15BrFNO2S. The summed E-state index contributed by atoms with van der Waals surface area (Å²) in [5.74, 6) is 0.515. The summed E-state index contributed by atoms with van der Waals surface area (Å²) >= 11 is 4.40. The SMILES string of the molecule is CC(=O)SCC1CC(=O)N(c2cc(Br)c(F)cc2C)C1. The van der Waals surface area contributed by atoms with Crippen LogP contribution in [-0.2, 0) is 9.59 Å². The lowest BCUT2D eigenvalue weighted by Crippen LogP contribution is -2.25. The number of anilines is 1.